The maximum atomic E-state index is 13.1. The maximum absolute atomic E-state index is 13.1. The van der Waals surface area contributed by atoms with E-state index in [1.165, 1.54) is 11.3 Å². The molecular weight excluding hydrogens is 297 g/mol. The van der Waals surface area contributed by atoms with Crippen LogP contribution < -0.4 is 10.6 Å². The van der Waals surface area contributed by atoms with Crippen LogP contribution in [0.1, 0.15) is 15.4 Å². The van der Waals surface area contributed by atoms with Gasteiger partial charge in [-0.25, -0.2) is 19.0 Å². The van der Waals surface area contributed by atoms with Gasteiger partial charge in [0.2, 0.25) is 0 Å². The Balaban J connectivity index is 1.93. The molecule has 8 heteroatoms. The van der Waals surface area contributed by atoms with Crippen LogP contribution in [0.15, 0.2) is 29.8 Å². The van der Waals surface area contributed by atoms with E-state index in [1.54, 1.807) is 6.20 Å². The molecule has 0 atom stereocenters. The third-order valence-corrected chi connectivity index (χ3v) is 3.41. The first kappa shape index (κ1) is 14.9. The Bertz CT molecular complexity index is 646. The van der Waals surface area contributed by atoms with Crippen LogP contribution in [0, 0.1) is 5.82 Å². The minimum atomic E-state index is -1.24. The Morgan fingerprint density at radius 1 is 1.38 bits per heavy atom. The van der Waals surface area contributed by atoms with Crippen LogP contribution in [0.3, 0.4) is 0 Å². The Morgan fingerprint density at radius 3 is 2.86 bits per heavy atom. The van der Waals surface area contributed by atoms with Gasteiger partial charge in [0.25, 0.3) is 0 Å². The molecule has 0 aliphatic heterocycles. The number of nitrogens with zero attached hydrogens (tertiary/aromatic N) is 1. The Morgan fingerprint density at radius 2 is 2.19 bits per heavy atom. The number of aromatic nitrogens is 1. The molecule has 0 saturated carbocycles. The number of carboxylic acids is 1. The van der Waals surface area contributed by atoms with Gasteiger partial charge < -0.3 is 15.7 Å². The largest absolute Gasteiger partial charge is 0.478 e. The fraction of sp³-hybridized carbons (Fsp3) is 0.154. The number of carbonyl (C=O) groups is 2. The number of rotatable bonds is 5. The molecule has 1 heterocycles. The van der Waals surface area contributed by atoms with Crippen molar-refractivity contribution >= 4 is 29.0 Å². The number of nitrogens with one attached hydrogen (secondary N) is 2. The molecule has 0 unspecified atom stereocenters. The van der Waals surface area contributed by atoms with Crippen LogP contribution >= 0.6 is 11.3 Å². The number of carbonyl (C=O) groups excluding carboxylic acids is 1. The lowest BCUT2D eigenvalue weighted by Gasteiger charge is -2.09. The monoisotopic (exact) mass is 309 g/mol. The summed E-state index contributed by atoms with van der Waals surface area (Å²) in [6, 6.07) is 2.49. The van der Waals surface area contributed by atoms with Gasteiger partial charge in [-0.1, -0.05) is 0 Å². The summed E-state index contributed by atoms with van der Waals surface area (Å²) in [4.78, 5) is 26.7. The number of aromatic carboxylic acids is 1. The number of hydrogen-bond acceptors (Lipinski definition) is 4. The first-order valence-electron chi connectivity index (χ1n) is 6.02. The van der Waals surface area contributed by atoms with E-state index in [4.69, 9.17) is 5.11 Å². The summed E-state index contributed by atoms with van der Waals surface area (Å²) >= 11 is 1.48. The summed E-state index contributed by atoms with van der Waals surface area (Å²) in [5.74, 6) is -1.87. The van der Waals surface area contributed by atoms with Gasteiger partial charge >= 0.3 is 12.0 Å². The molecule has 0 radical (unpaired) electrons. The van der Waals surface area contributed by atoms with Gasteiger partial charge in [0.1, 0.15) is 5.82 Å². The first-order valence-corrected chi connectivity index (χ1v) is 6.90. The third-order valence-electron chi connectivity index (χ3n) is 2.57. The van der Waals surface area contributed by atoms with Crippen LogP contribution in [0.4, 0.5) is 14.9 Å². The molecule has 21 heavy (non-hydrogen) atoms. The highest BCUT2D eigenvalue weighted by Crippen LogP contribution is 2.17. The fourth-order valence-corrected chi connectivity index (χ4v) is 2.25. The number of amides is 2. The average molecular weight is 309 g/mol. The topological polar surface area (TPSA) is 91.3 Å². The third kappa shape index (κ3) is 4.25. The van der Waals surface area contributed by atoms with Gasteiger partial charge in [0.05, 0.1) is 16.3 Å². The zero-order valence-electron chi connectivity index (χ0n) is 10.8. The van der Waals surface area contributed by atoms with E-state index >= 15 is 0 Å². The summed E-state index contributed by atoms with van der Waals surface area (Å²) < 4.78 is 13.1. The number of benzene rings is 1. The van der Waals surface area contributed by atoms with Crippen molar-refractivity contribution in [2.24, 2.45) is 0 Å². The van der Waals surface area contributed by atoms with Gasteiger partial charge in [-0.05, 0) is 18.2 Å². The summed E-state index contributed by atoms with van der Waals surface area (Å²) in [5.41, 5.74) is -0.263. The molecule has 110 valence electrons. The summed E-state index contributed by atoms with van der Waals surface area (Å²) in [6.45, 7) is 0.344. The van der Waals surface area contributed by atoms with Crippen molar-refractivity contribution < 1.29 is 19.1 Å². The molecule has 1 aromatic carbocycles. The van der Waals surface area contributed by atoms with Crippen molar-refractivity contribution in [3.63, 3.8) is 0 Å². The van der Waals surface area contributed by atoms with Gasteiger partial charge in [-0.2, -0.15) is 0 Å². The maximum Gasteiger partial charge on any atom is 0.337 e. The van der Waals surface area contributed by atoms with Crippen LogP contribution in [-0.2, 0) is 6.42 Å². The molecule has 0 aliphatic rings. The minimum absolute atomic E-state index is 0.0887. The summed E-state index contributed by atoms with van der Waals surface area (Å²) in [7, 11) is 0. The molecule has 0 aliphatic carbocycles. The first-order chi connectivity index (χ1) is 10.1. The van der Waals surface area contributed by atoms with Crippen LogP contribution in [0.5, 0.6) is 0 Å². The molecule has 2 rings (SSSR count). The molecule has 0 bridgehead atoms. The SMILES string of the molecule is O=C(NCCc1nccs1)Nc1cc(F)ccc1C(=O)O. The highest BCUT2D eigenvalue weighted by atomic mass is 32.1. The lowest BCUT2D eigenvalue weighted by atomic mass is 10.2. The lowest BCUT2D eigenvalue weighted by molar-refractivity contribution is 0.0698. The molecule has 2 amide bonds. The Kier molecular flexibility index (Phi) is 4.83. The van der Waals surface area contributed by atoms with Crippen molar-refractivity contribution in [2.75, 3.05) is 11.9 Å². The number of anilines is 1. The zero-order chi connectivity index (χ0) is 15.2. The normalized spacial score (nSPS) is 10.1. The average Bonchev–Trinajstić information content (AvgIpc) is 2.91. The molecule has 3 N–H and O–H groups in total. The zero-order valence-corrected chi connectivity index (χ0v) is 11.6. The van der Waals surface area contributed by atoms with Crippen molar-refractivity contribution in [1.29, 1.82) is 0 Å². The van der Waals surface area contributed by atoms with Gasteiger partial charge in [-0.15, -0.1) is 11.3 Å². The molecule has 2 aromatic rings. The standard InChI is InChI=1S/C13H12FN3O3S/c14-8-1-2-9(12(18)19)10(7-8)17-13(20)16-4-3-11-15-5-6-21-11/h1-2,5-7H,3-4H2,(H,18,19)(H2,16,17,20). The highest BCUT2D eigenvalue weighted by Gasteiger charge is 2.13. The van der Waals surface area contributed by atoms with Crippen molar-refractivity contribution in [1.82, 2.24) is 10.3 Å². The van der Waals surface area contributed by atoms with Gasteiger partial charge in [0, 0.05) is 24.5 Å². The molecule has 0 spiro atoms. The van der Waals surface area contributed by atoms with Crippen molar-refractivity contribution in [2.45, 2.75) is 6.42 Å². The molecule has 6 nitrogen and oxygen atoms in total. The number of urea groups is 1. The highest BCUT2D eigenvalue weighted by molar-refractivity contribution is 7.09. The van der Waals surface area contributed by atoms with Gasteiger partial charge in [-0.3, -0.25) is 0 Å². The number of halogens is 1. The van der Waals surface area contributed by atoms with E-state index in [0.29, 0.717) is 13.0 Å². The van der Waals surface area contributed by atoms with E-state index in [9.17, 15) is 14.0 Å². The summed E-state index contributed by atoms with van der Waals surface area (Å²) in [5, 5.41) is 16.6. The molecular formula is C13H12FN3O3S. The molecule has 0 fully saturated rings. The second-order valence-electron chi connectivity index (χ2n) is 4.05. The second-order valence-corrected chi connectivity index (χ2v) is 5.03. The fourth-order valence-electron chi connectivity index (χ4n) is 1.63. The second kappa shape index (κ2) is 6.80. The van der Waals surface area contributed by atoms with E-state index in [1.807, 2.05) is 5.38 Å². The number of hydrogen-bond donors (Lipinski definition) is 3. The van der Waals surface area contributed by atoms with Crippen LogP contribution in [0.2, 0.25) is 0 Å². The summed E-state index contributed by atoms with van der Waals surface area (Å²) in [6.07, 6.45) is 2.24. The van der Waals surface area contributed by atoms with Crippen LogP contribution in [0.25, 0.3) is 0 Å². The molecule has 0 saturated heterocycles. The predicted molar refractivity (Wildman–Crippen MR) is 76.2 cm³/mol. The van der Waals surface area contributed by atoms with E-state index in [0.717, 1.165) is 23.2 Å². The van der Waals surface area contributed by atoms with E-state index in [-0.39, 0.29) is 11.3 Å². The van der Waals surface area contributed by atoms with Crippen molar-refractivity contribution in [3.05, 3.63) is 46.2 Å². The Labute approximate surface area is 123 Å². The number of carboxylic acid groups (broad SMARTS) is 1. The number of thiazole rings is 1. The minimum Gasteiger partial charge on any atom is -0.478 e. The molecule has 1 aromatic heterocycles. The smallest absolute Gasteiger partial charge is 0.337 e. The van der Waals surface area contributed by atoms with Gasteiger partial charge in [0.15, 0.2) is 0 Å². The Hall–Kier alpha value is -2.48. The quantitative estimate of drug-likeness (QED) is 0.790. The lowest BCUT2D eigenvalue weighted by Crippen LogP contribution is -2.31. The van der Waals surface area contributed by atoms with E-state index < -0.39 is 17.8 Å². The van der Waals surface area contributed by atoms with Crippen molar-refractivity contribution in [3.8, 4) is 0 Å². The van der Waals surface area contributed by atoms with Crippen LogP contribution in [-0.4, -0.2) is 28.6 Å². The van der Waals surface area contributed by atoms with E-state index in [2.05, 4.69) is 15.6 Å². The predicted octanol–water partition coefficient (Wildman–Crippen LogP) is 2.34.